The summed E-state index contributed by atoms with van der Waals surface area (Å²) in [5, 5.41) is 0. The zero-order valence-electron chi connectivity index (χ0n) is 8.39. The lowest BCUT2D eigenvalue weighted by Crippen LogP contribution is -2.15. The Bertz CT molecular complexity index is 528. The molecule has 0 amide bonds. The lowest BCUT2D eigenvalue weighted by Gasteiger charge is -2.05. The van der Waals surface area contributed by atoms with E-state index in [0.29, 0.717) is 4.47 Å². The highest BCUT2D eigenvalue weighted by Gasteiger charge is 2.14. The number of halogens is 2. The molecule has 0 unspecified atom stereocenters. The molecule has 5 nitrogen and oxygen atoms in total. The summed E-state index contributed by atoms with van der Waals surface area (Å²) in [5.41, 5.74) is -0.0552. The van der Waals surface area contributed by atoms with Gasteiger partial charge in [-0.05, 0) is 34.1 Å². The van der Waals surface area contributed by atoms with Gasteiger partial charge in [0, 0.05) is 4.47 Å². The molecular formula is C9H8BrFO5S. The van der Waals surface area contributed by atoms with Crippen LogP contribution in [0.3, 0.4) is 0 Å². The summed E-state index contributed by atoms with van der Waals surface area (Å²) < 4.78 is 46.9. The Morgan fingerprint density at radius 3 is 2.71 bits per heavy atom. The zero-order valence-corrected chi connectivity index (χ0v) is 10.8. The highest BCUT2D eigenvalue weighted by molar-refractivity contribution is 9.10. The van der Waals surface area contributed by atoms with Crippen molar-refractivity contribution in [3.05, 3.63) is 34.1 Å². The largest absolute Gasteiger partial charge is 0.461 e. The van der Waals surface area contributed by atoms with Crippen LogP contribution < -0.4 is 0 Å². The summed E-state index contributed by atoms with van der Waals surface area (Å²) in [5.74, 6) is -2.19. The van der Waals surface area contributed by atoms with Crippen LogP contribution in [-0.2, 0) is 14.9 Å². The van der Waals surface area contributed by atoms with Crippen molar-refractivity contribution in [3.63, 3.8) is 0 Å². The van der Waals surface area contributed by atoms with E-state index in [4.69, 9.17) is 4.55 Å². The maximum atomic E-state index is 12.9. The maximum absolute atomic E-state index is 12.9. The lowest BCUT2D eigenvalue weighted by molar-refractivity contribution is 0.0526. The first-order valence-electron chi connectivity index (χ1n) is 4.37. The van der Waals surface area contributed by atoms with Crippen LogP contribution in [-0.4, -0.2) is 31.3 Å². The number of rotatable bonds is 4. The van der Waals surface area contributed by atoms with Crippen LogP contribution >= 0.6 is 15.9 Å². The van der Waals surface area contributed by atoms with E-state index in [0.717, 1.165) is 12.1 Å². The minimum atomic E-state index is -4.18. The molecule has 1 N–H and O–H groups in total. The van der Waals surface area contributed by atoms with Gasteiger partial charge in [-0.15, -0.1) is 0 Å². The first-order chi connectivity index (χ1) is 7.79. The van der Waals surface area contributed by atoms with Gasteiger partial charge in [0.1, 0.15) is 18.2 Å². The molecule has 0 aromatic heterocycles. The molecule has 17 heavy (non-hydrogen) atoms. The van der Waals surface area contributed by atoms with Crippen molar-refractivity contribution in [1.82, 2.24) is 0 Å². The number of benzene rings is 1. The summed E-state index contributed by atoms with van der Waals surface area (Å²) in [6.07, 6.45) is 0. The van der Waals surface area contributed by atoms with Crippen LogP contribution in [0.4, 0.5) is 4.39 Å². The number of hydrogen-bond acceptors (Lipinski definition) is 4. The molecule has 1 rings (SSSR count). The maximum Gasteiger partial charge on any atom is 0.339 e. The molecule has 0 saturated carbocycles. The van der Waals surface area contributed by atoms with Crippen LogP contribution in [0, 0.1) is 5.82 Å². The molecule has 0 bridgehead atoms. The lowest BCUT2D eigenvalue weighted by atomic mass is 10.2. The van der Waals surface area contributed by atoms with Gasteiger partial charge in [0.2, 0.25) is 0 Å². The SMILES string of the molecule is O=C(OCCS(=O)(=O)O)c1cc(F)ccc1Br. The Hall–Kier alpha value is -0.990. The zero-order chi connectivity index (χ0) is 13.1. The van der Waals surface area contributed by atoms with Gasteiger partial charge in [-0.2, -0.15) is 8.42 Å². The van der Waals surface area contributed by atoms with Crippen molar-refractivity contribution in [2.24, 2.45) is 0 Å². The molecule has 0 aliphatic carbocycles. The van der Waals surface area contributed by atoms with Gasteiger partial charge in [0.25, 0.3) is 10.1 Å². The molecule has 94 valence electrons. The highest BCUT2D eigenvalue weighted by Crippen LogP contribution is 2.18. The van der Waals surface area contributed by atoms with Crippen molar-refractivity contribution >= 4 is 32.0 Å². The predicted molar refractivity (Wildman–Crippen MR) is 60.8 cm³/mol. The third-order valence-corrected chi connectivity index (χ3v) is 3.10. The monoisotopic (exact) mass is 326 g/mol. The van der Waals surface area contributed by atoms with Gasteiger partial charge >= 0.3 is 5.97 Å². The van der Waals surface area contributed by atoms with Gasteiger partial charge in [-0.25, -0.2) is 9.18 Å². The first kappa shape index (κ1) is 14.1. The molecular weight excluding hydrogens is 319 g/mol. The van der Waals surface area contributed by atoms with Crippen LogP contribution in [0.1, 0.15) is 10.4 Å². The summed E-state index contributed by atoms with van der Waals surface area (Å²) in [7, 11) is -4.18. The summed E-state index contributed by atoms with van der Waals surface area (Å²) in [6, 6.07) is 3.44. The number of carbonyl (C=O) groups is 1. The van der Waals surface area contributed by atoms with Crippen molar-refractivity contribution in [2.45, 2.75) is 0 Å². The Morgan fingerprint density at radius 1 is 1.47 bits per heavy atom. The molecule has 0 aliphatic rings. The van der Waals surface area contributed by atoms with Crippen molar-refractivity contribution in [2.75, 3.05) is 12.4 Å². The average Bonchev–Trinajstić information content (AvgIpc) is 2.19. The summed E-state index contributed by atoms with van der Waals surface area (Å²) in [6.45, 7) is -0.499. The molecule has 0 atom stereocenters. The van der Waals surface area contributed by atoms with E-state index in [-0.39, 0.29) is 5.56 Å². The van der Waals surface area contributed by atoms with Crippen LogP contribution in [0.2, 0.25) is 0 Å². The number of esters is 1. The van der Waals surface area contributed by atoms with Gasteiger partial charge in [-0.1, -0.05) is 0 Å². The average molecular weight is 327 g/mol. The Balaban J connectivity index is 2.67. The Kier molecular flexibility index (Phi) is 4.61. The normalized spacial score (nSPS) is 11.2. The highest BCUT2D eigenvalue weighted by atomic mass is 79.9. The molecule has 0 saturated heterocycles. The minimum Gasteiger partial charge on any atom is -0.461 e. The molecule has 0 heterocycles. The smallest absolute Gasteiger partial charge is 0.339 e. The van der Waals surface area contributed by atoms with E-state index in [1.807, 2.05) is 0 Å². The van der Waals surface area contributed by atoms with E-state index in [1.165, 1.54) is 6.07 Å². The molecule has 0 aliphatic heterocycles. The van der Waals surface area contributed by atoms with Crippen molar-refractivity contribution < 1.29 is 26.9 Å². The van der Waals surface area contributed by atoms with Gasteiger partial charge in [0.15, 0.2) is 0 Å². The van der Waals surface area contributed by atoms with Gasteiger partial charge in [0.05, 0.1) is 5.56 Å². The molecule has 0 spiro atoms. The number of carbonyl (C=O) groups excluding carboxylic acids is 1. The second-order valence-electron chi connectivity index (χ2n) is 3.05. The molecule has 0 radical (unpaired) electrons. The quantitative estimate of drug-likeness (QED) is 0.672. The Morgan fingerprint density at radius 2 is 2.12 bits per heavy atom. The molecule has 1 aromatic rings. The summed E-state index contributed by atoms with van der Waals surface area (Å²) in [4.78, 5) is 11.4. The van der Waals surface area contributed by atoms with Crippen LogP contribution in [0.5, 0.6) is 0 Å². The first-order valence-corrected chi connectivity index (χ1v) is 6.77. The molecule has 8 heteroatoms. The Labute approximate surface area is 105 Å². The van der Waals surface area contributed by atoms with Crippen LogP contribution in [0.15, 0.2) is 22.7 Å². The van der Waals surface area contributed by atoms with E-state index in [1.54, 1.807) is 0 Å². The fourth-order valence-electron chi connectivity index (χ4n) is 0.971. The van der Waals surface area contributed by atoms with Crippen molar-refractivity contribution in [3.8, 4) is 0 Å². The fourth-order valence-corrected chi connectivity index (χ4v) is 1.67. The number of hydrogen-bond donors (Lipinski definition) is 1. The topological polar surface area (TPSA) is 80.7 Å². The molecule has 0 fully saturated rings. The third-order valence-electron chi connectivity index (χ3n) is 1.72. The second kappa shape index (κ2) is 5.56. The third kappa shape index (κ3) is 4.80. The van der Waals surface area contributed by atoms with Crippen LogP contribution in [0.25, 0.3) is 0 Å². The minimum absolute atomic E-state index is 0.0552. The van der Waals surface area contributed by atoms with Crippen molar-refractivity contribution in [1.29, 1.82) is 0 Å². The predicted octanol–water partition coefficient (Wildman–Crippen LogP) is 1.63. The van der Waals surface area contributed by atoms with Gasteiger partial charge < -0.3 is 4.74 Å². The van der Waals surface area contributed by atoms with E-state index in [9.17, 15) is 17.6 Å². The van der Waals surface area contributed by atoms with E-state index < -0.39 is 34.3 Å². The van der Waals surface area contributed by atoms with E-state index in [2.05, 4.69) is 20.7 Å². The summed E-state index contributed by atoms with van der Waals surface area (Å²) >= 11 is 3.03. The fraction of sp³-hybridized carbons (Fsp3) is 0.222. The van der Waals surface area contributed by atoms with Gasteiger partial charge in [-0.3, -0.25) is 4.55 Å². The second-order valence-corrected chi connectivity index (χ2v) is 5.47. The number of ether oxygens (including phenoxy) is 1. The molecule has 1 aromatic carbocycles. The standard InChI is InChI=1S/C9H8BrFO5S/c10-8-2-1-6(11)5-7(8)9(12)16-3-4-17(13,14)15/h1-2,5H,3-4H2,(H,13,14,15). The van der Waals surface area contributed by atoms with E-state index >= 15 is 0 Å².